The van der Waals surface area contributed by atoms with Gasteiger partial charge in [-0.05, 0) is 88.8 Å². The molecule has 0 radical (unpaired) electrons. The van der Waals surface area contributed by atoms with Crippen molar-refractivity contribution in [3.63, 3.8) is 0 Å². The minimum absolute atomic E-state index is 0.0493. The number of anilines is 5. The Kier molecular flexibility index (Phi) is 12.9. The molecule has 3 aromatic rings. The minimum Gasteiger partial charge on any atom is -0.368 e. The van der Waals surface area contributed by atoms with Gasteiger partial charge in [-0.2, -0.15) is 13.8 Å². The van der Waals surface area contributed by atoms with E-state index in [1.165, 1.54) is 13.2 Å². The summed E-state index contributed by atoms with van der Waals surface area (Å²) in [5.41, 5.74) is 1.35. The number of alkyl halides is 2. The van der Waals surface area contributed by atoms with E-state index in [1.54, 1.807) is 41.3 Å². The number of amides is 7. The van der Waals surface area contributed by atoms with E-state index in [1.807, 2.05) is 24.8 Å². The number of fused-ring (bicyclic) bond motifs is 2. The monoisotopic (exact) mass is 965 g/mol. The van der Waals surface area contributed by atoms with Gasteiger partial charge < -0.3 is 30.2 Å². The van der Waals surface area contributed by atoms with Gasteiger partial charge in [0.1, 0.15) is 11.7 Å². The number of carbonyl (C=O) groups is 7. The smallest absolute Gasteiger partial charge is 0.342 e. The number of aromatic nitrogens is 2. The van der Waals surface area contributed by atoms with Gasteiger partial charge in [0.15, 0.2) is 5.82 Å². The number of piperazine rings is 1. The highest BCUT2D eigenvalue weighted by Crippen LogP contribution is 2.41. The first-order valence-corrected chi connectivity index (χ1v) is 24.3. The van der Waals surface area contributed by atoms with Gasteiger partial charge in [0.25, 0.3) is 23.6 Å². The molecule has 4 fully saturated rings. The molecule has 20 heteroatoms. The Morgan fingerprint density at radius 2 is 1.53 bits per heavy atom. The van der Waals surface area contributed by atoms with Crippen molar-refractivity contribution in [1.29, 1.82) is 0 Å². The average Bonchev–Trinajstić information content (AvgIpc) is 3.95. The van der Waals surface area contributed by atoms with Gasteiger partial charge in [-0.15, -0.1) is 0 Å². The van der Waals surface area contributed by atoms with Crippen LogP contribution in [-0.4, -0.2) is 148 Å². The molecule has 372 valence electrons. The molecule has 3 N–H and O–H groups in total. The molecule has 5 aliphatic heterocycles. The predicted octanol–water partition coefficient (Wildman–Crippen LogP) is 4.72. The third kappa shape index (κ3) is 9.29. The highest BCUT2D eigenvalue weighted by Gasteiger charge is 2.50. The topological polar surface area (TPSA) is 201 Å². The molecule has 1 aliphatic carbocycles. The number of hydrogen-bond donors (Lipinski definition) is 3. The fourth-order valence-electron chi connectivity index (χ4n) is 11.4. The van der Waals surface area contributed by atoms with Crippen LogP contribution in [0.15, 0.2) is 48.7 Å². The lowest BCUT2D eigenvalue weighted by molar-refractivity contribution is -0.143. The summed E-state index contributed by atoms with van der Waals surface area (Å²) in [7, 11) is 1.31. The maximum absolute atomic E-state index is 15.0. The van der Waals surface area contributed by atoms with Gasteiger partial charge in [0.2, 0.25) is 23.7 Å². The molecule has 0 bridgehead atoms. The van der Waals surface area contributed by atoms with Crippen molar-refractivity contribution in [3.05, 3.63) is 65.4 Å². The number of imide groups is 2. The first-order chi connectivity index (χ1) is 33.2. The molecule has 0 spiro atoms. The quantitative estimate of drug-likeness (QED) is 0.223. The van der Waals surface area contributed by atoms with Crippen LogP contribution in [0, 0.1) is 5.41 Å². The van der Waals surface area contributed by atoms with Crippen LogP contribution in [0.2, 0.25) is 0 Å². The SMILES string of the molecule is CN1C(=O)C(F)(F)CN(C2CCCC2)c2nc(Nc3ccc(C(=O)NC4CCN(C(=O)C(C)(C)CC(C)(C)N5CCN(c6cccc7c6C(=O)N(C6CCC(=O)NC6=O)C7=O)CC5)CC4)cc3)ncc21. The minimum atomic E-state index is -3.58. The highest BCUT2D eigenvalue weighted by atomic mass is 19.3. The second kappa shape index (κ2) is 18.6. The first kappa shape index (κ1) is 48.5. The van der Waals surface area contributed by atoms with E-state index in [0.717, 1.165) is 35.5 Å². The second-order valence-corrected chi connectivity index (χ2v) is 20.8. The number of halogens is 2. The summed E-state index contributed by atoms with van der Waals surface area (Å²) in [5.74, 6) is -6.75. The van der Waals surface area contributed by atoms with E-state index in [0.29, 0.717) is 75.5 Å². The van der Waals surface area contributed by atoms with Crippen LogP contribution in [0.5, 0.6) is 0 Å². The predicted molar refractivity (Wildman–Crippen MR) is 256 cm³/mol. The summed E-state index contributed by atoms with van der Waals surface area (Å²) >= 11 is 0. The van der Waals surface area contributed by atoms with Crippen molar-refractivity contribution < 1.29 is 42.3 Å². The van der Waals surface area contributed by atoms with Gasteiger partial charge in [-0.25, -0.2) is 4.98 Å². The molecule has 9 rings (SSSR count). The van der Waals surface area contributed by atoms with Gasteiger partial charge in [-0.3, -0.25) is 48.7 Å². The molecule has 6 heterocycles. The molecule has 1 saturated carbocycles. The second-order valence-electron chi connectivity index (χ2n) is 20.8. The van der Waals surface area contributed by atoms with Gasteiger partial charge >= 0.3 is 5.92 Å². The number of piperidine rings is 2. The maximum atomic E-state index is 15.0. The molecule has 7 amide bonds. The van der Waals surface area contributed by atoms with Gasteiger partial charge in [0, 0.05) is 87.0 Å². The Balaban J connectivity index is 0.754. The summed E-state index contributed by atoms with van der Waals surface area (Å²) in [6, 6.07) is 10.6. The third-order valence-corrected chi connectivity index (χ3v) is 15.0. The Morgan fingerprint density at radius 1 is 0.843 bits per heavy atom. The first-order valence-electron chi connectivity index (χ1n) is 24.3. The Labute approximate surface area is 405 Å². The largest absolute Gasteiger partial charge is 0.368 e. The fourth-order valence-corrected chi connectivity index (χ4v) is 11.4. The number of carbonyl (C=O) groups excluding carboxylic acids is 7. The highest BCUT2D eigenvalue weighted by molar-refractivity contribution is 6.25. The van der Waals surface area contributed by atoms with E-state index >= 15 is 8.78 Å². The standard InChI is InChI=1S/C50H61F2N11O7/c1-48(2,28-49(3,4)61-25-23-59(24-26-61)35-12-8-11-34-39(35)44(68)63(43(34)67)36-17-18-38(64)56-42(36)66)45(69)60-21-19-32(20-22-60)54-41(65)30-13-15-31(16-14-30)55-47-53-27-37-40(57-47)62(33-9-6-7-10-33)29-50(51,52)46(70)58(37)5/h8,11-16,27,32-33,36H,6-7,9-10,17-26,28-29H2,1-5H3,(H,54,65)(H,53,55,57)(H,56,64,66). The van der Waals surface area contributed by atoms with Crippen molar-refractivity contribution in [1.82, 2.24) is 35.3 Å². The van der Waals surface area contributed by atoms with Crippen molar-refractivity contribution in [3.8, 4) is 0 Å². The van der Waals surface area contributed by atoms with Crippen molar-refractivity contribution in [2.75, 3.05) is 72.9 Å². The van der Waals surface area contributed by atoms with Crippen LogP contribution >= 0.6 is 0 Å². The van der Waals surface area contributed by atoms with Crippen LogP contribution in [-0.2, 0) is 19.2 Å². The van der Waals surface area contributed by atoms with Crippen LogP contribution < -0.4 is 30.7 Å². The normalized spacial score (nSPS) is 21.7. The summed E-state index contributed by atoms with van der Waals surface area (Å²) in [6.07, 6.45) is 6.60. The van der Waals surface area contributed by atoms with Crippen LogP contribution in [0.1, 0.15) is 117 Å². The molecule has 70 heavy (non-hydrogen) atoms. The molecular weight excluding hydrogens is 905 g/mol. The van der Waals surface area contributed by atoms with Crippen molar-refractivity contribution in [2.45, 2.75) is 115 Å². The molecular formula is C50H61F2N11O7. The zero-order chi connectivity index (χ0) is 49.9. The van der Waals surface area contributed by atoms with Crippen molar-refractivity contribution >= 4 is 70.2 Å². The van der Waals surface area contributed by atoms with Gasteiger partial charge in [-0.1, -0.05) is 32.8 Å². The molecule has 6 aliphatic rings. The summed E-state index contributed by atoms with van der Waals surface area (Å²) in [4.78, 5) is 111. The zero-order valence-electron chi connectivity index (χ0n) is 40.4. The third-order valence-electron chi connectivity index (χ3n) is 15.0. The molecule has 1 atom stereocenters. The average molecular weight is 966 g/mol. The summed E-state index contributed by atoms with van der Waals surface area (Å²) in [5, 5.41) is 8.49. The van der Waals surface area contributed by atoms with Gasteiger partial charge in [0.05, 0.1) is 29.6 Å². The van der Waals surface area contributed by atoms with E-state index in [9.17, 15) is 33.6 Å². The summed E-state index contributed by atoms with van der Waals surface area (Å²) in [6.45, 7) is 11.0. The van der Waals surface area contributed by atoms with Crippen LogP contribution in [0.25, 0.3) is 0 Å². The molecule has 1 unspecified atom stereocenters. The molecule has 18 nitrogen and oxygen atoms in total. The number of hydrogen-bond acceptors (Lipinski definition) is 13. The van der Waals surface area contributed by atoms with Crippen LogP contribution in [0.4, 0.5) is 37.6 Å². The number of nitrogens with zero attached hydrogens (tertiary/aromatic N) is 8. The van der Waals surface area contributed by atoms with E-state index in [-0.39, 0.29) is 70.9 Å². The zero-order valence-corrected chi connectivity index (χ0v) is 40.4. The number of likely N-dealkylation sites (tertiary alicyclic amines) is 1. The van der Waals surface area contributed by atoms with E-state index < -0.39 is 53.5 Å². The molecule has 2 aromatic carbocycles. The lowest BCUT2D eigenvalue weighted by atomic mass is 9.77. The Hall–Kier alpha value is -6.57. The van der Waals surface area contributed by atoms with E-state index in [4.69, 9.17) is 0 Å². The Bertz CT molecular complexity index is 2600. The summed E-state index contributed by atoms with van der Waals surface area (Å²) < 4.78 is 30.1. The molecule has 1 aromatic heterocycles. The maximum Gasteiger partial charge on any atom is 0.342 e. The van der Waals surface area contributed by atoms with E-state index in [2.05, 4.69) is 49.6 Å². The Morgan fingerprint density at radius 3 is 2.20 bits per heavy atom. The van der Waals surface area contributed by atoms with Crippen LogP contribution in [0.3, 0.4) is 0 Å². The number of nitrogens with one attached hydrogen (secondary N) is 3. The number of rotatable bonds is 11. The molecule has 3 saturated heterocycles. The lowest BCUT2D eigenvalue weighted by Gasteiger charge is -2.48. The fraction of sp³-hybridized carbons (Fsp3) is 0.540. The van der Waals surface area contributed by atoms with Crippen molar-refractivity contribution in [2.24, 2.45) is 5.41 Å². The lowest BCUT2D eigenvalue weighted by Crippen LogP contribution is -2.57. The number of benzene rings is 2.